The fraction of sp³-hybridized carbons (Fsp3) is 0.167. The lowest BCUT2D eigenvalue weighted by Crippen LogP contribution is -1.99. The van der Waals surface area contributed by atoms with Crippen LogP contribution in [0.5, 0.6) is 0 Å². The van der Waals surface area contributed by atoms with Crippen LogP contribution in [0.4, 0.5) is 0 Å². The molecule has 56 valence electrons. The number of aliphatic carboxylic acids is 1. The minimum absolute atomic E-state index is 0.0786. The van der Waals surface area contributed by atoms with E-state index in [9.17, 15) is 4.79 Å². The summed E-state index contributed by atoms with van der Waals surface area (Å²) in [5.74, 6) is -0.812. The van der Waals surface area contributed by atoms with Gasteiger partial charge in [0, 0.05) is 0 Å². The van der Waals surface area contributed by atoms with E-state index >= 15 is 0 Å². The number of carboxylic acid groups (broad SMARTS) is 1. The quantitative estimate of drug-likeness (QED) is 0.521. The average Bonchev–Trinajstić information content (AvgIpc) is 2.15. The maximum absolute atomic E-state index is 10.2. The average molecular weight is 159 g/mol. The van der Waals surface area contributed by atoms with E-state index < -0.39 is 17.1 Å². The molecule has 1 aliphatic heterocycles. The van der Waals surface area contributed by atoms with Crippen LogP contribution in [0.1, 0.15) is 6.42 Å². The second-order valence-electron chi connectivity index (χ2n) is 1.98. The van der Waals surface area contributed by atoms with Crippen LogP contribution in [0.25, 0.3) is 0 Å². The van der Waals surface area contributed by atoms with E-state index in [1.807, 2.05) is 11.5 Å². The zero-order valence-electron chi connectivity index (χ0n) is 5.32. The normalized spacial score (nSPS) is 26.5. The van der Waals surface area contributed by atoms with E-state index in [4.69, 9.17) is 10.2 Å². The van der Waals surface area contributed by atoms with Gasteiger partial charge in [0.05, 0.1) is 6.42 Å². The molecule has 10 heavy (non-hydrogen) atoms. The van der Waals surface area contributed by atoms with Gasteiger partial charge in [0.15, 0.2) is 0 Å². The minimum Gasteiger partial charge on any atom is -0.481 e. The highest BCUT2D eigenvalue weighted by Gasteiger charge is 2.09. The molecule has 3 N–H and O–H groups in total. The van der Waals surface area contributed by atoms with Gasteiger partial charge in [-0.1, -0.05) is 12.2 Å². The molecule has 1 rings (SSSR count). The highest BCUT2D eigenvalue weighted by atomic mass is 32.2. The first-order chi connectivity index (χ1) is 4.70. The highest BCUT2D eigenvalue weighted by molar-refractivity contribution is 8.21. The van der Waals surface area contributed by atoms with Gasteiger partial charge in [-0.3, -0.25) is 9.93 Å². The van der Waals surface area contributed by atoms with Gasteiger partial charge in [-0.2, -0.15) is 11.1 Å². The Bertz CT molecular complexity index is 210. The predicted molar refractivity (Wildman–Crippen MR) is 42.6 cm³/mol. The van der Waals surface area contributed by atoms with Crippen molar-refractivity contribution in [2.45, 2.75) is 6.42 Å². The van der Waals surface area contributed by atoms with Gasteiger partial charge < -0.3 is 5.11 Å². The number of rotatable bonds is 2. The van der Waals surface area contributed by atoms with E-state index in [-0.39, 0.29) is 6.42 Å². The fourth-order valence-electron chi connectivity index (χ4n) is 0.734. The number of nitrogens with two attached hydrogens (primary N) is 1. The fourth-order valence-corrected chi connectivity index (χ4v) is 1.77. The number of thiol groups is 1. The molecular formula is C6H9NO2S. The van der Waals surface area contributed by atoms with Crippen LogP contribution in [0, 0.1) is 0 Å². The minimum atomic E-state index is -0.812. The Balaban J connectivity index is 2.52. The third kappa shape index (κ3) is 1.62. The van der Waals surface area contributed by atoms with Crippen molar-refractivity contribution in [1.29, 1.82) is 0 Å². The zero-order chi connectivity index (χ0) is 7.56. The van der Waals surface area contributed by atoms with Crippen LogP contribution in [0.2, 0.25) is 0 Å². The van der Waals surface area contributed by atoms with Crippen molar-refractivity contribution in [2.75, 3.05) is 0 Å². The van der Waals surface area contributed by atoms with Gasteiger partial charge in [0.1, 0.15) is 0 Å². The van der Waals surface area contributed by atoms with Crippen molar-refractivity contribution >= 4 is 17.1 Å². The van der Waals surface area contributed by atoms with E-state index in [0.29, 0.717) is 0 Å². The van der Waals surface area contributed by atoms with E-state index in [2.05, 4.69) is 0 Å². The number of hydrogen-bond acceptors (Lipinski definition) is 2. The van der Waals surface area contributed by atoms with E-state index in [1.54, 1.807) is 6.08 Å². The summed E-state index contributed by atoms with van der Waals surface area (Å²) in [5.41, 5.74) is 0. The third-order valence-electron chi connectivity index (χ3n) is 1.20. The first-order valence-electron chi connectivity index (χ1n) is 2.83. The molecule has 1 unspecified atom stereocenters. The van der Waals surface area contributed by atoms with Crippen molar-refractivity contribution in [3.05, 3.63) is 22.5 Å². The Morgan fingerprint density at radius 1 is 1.80 bits per heavy atom. The van der Waals surface area contributed by atoms with E-state index in [1.165, 1.54) is 0 Å². The van der Waals surface area contributed by atoms with Crippen LogP contribution in [0.3, 0.4) is 0 Å². The van der Waals surface area contributed by atoms with Crippen molar-refractivity contribution in [3.63, 3.8) is 0 Å². The van der Waals surface area contributed by atoms with Crippen LogP contribution in [0.15, 0.2) is 22.5 Å². The monoisotopic (exact) mass is 159 g/mol. The SMILES string of the molecule is N[SH]1C=CC=C1CC(=O)O. The summed E-state index contributed by atoms with van der Waals surface area (Å²) in [6, 6.07) is 0. The number of allylic oxidation sites excluding steroid dienone is 2. The molecule has 0 radical (unpaired) electrons. The molecule has 0 bridgehead atoms. The summed E-state index contributed by atoms with van der Waals surface area (Å²) in [6.45, 7) is 0. The number of carbonyl (C=O) groups is 1. The Labute approximate surface area is 61.7 Å². The summed E-state index contributed by atoms with van der Waals surface area (Å²) < 4.78 is 0. The second kappa shape index (κ2) is 2.90. The van der Waals surface area contributed by atoms with Gasteiger partial charge in [-0.25, -0.2) is 0 Å². The Morgan fingerprint density at radius 2 is 2.50 bits per heavy atom. The van der Waals surface area contributed by atoms with Gasteiger partial charge in [0.2, 0.25) is 0 Å². The summed E-state index contributed by atoms with van der Waals surface area (Å²) >= 11 is -0.761. The lowest BCUT2D eigenvalue weighted by molar-refractivity contribution is -0.136. The molecule has 0 amide bonds. The molecule has 0 saturated heterocycles. The standard InChI is InChI=1S/C6H9NO2S/c7-10-3-1-2-5(10)4-6(8)9/h1-3,10H,4,7H2,(H,8,9). The van der Waals surface area contributed by atoms with Crippen molar-refractivity contribution in [3.8, 4) is 0 Å². The molecule has 0 saturated carbocycles. The van der Waals surface area contributed by atoms with Crippen molar-refractivity contribution in [1.82, 2.24) is 0 Å². The maximum atomic E-state index is 10.2. The molecule has 1 heterocycles. The Hall–Kier alpha value is -0.740. The van der Waals surface area contributed by atoms with E-state index in [0.717, 1.165) is 4.91 Å². The molecule has 1 atom stereocenters. The van der Waals surface area contributed by atoms with Crippen LogP contribution >= 0.6 is 11.1 Å². The van der Waals surface area contributed by atoms with Gasteiger partial charge in [-0.15, -0.1) is 0 Å². The van der Waals surface area contributed by atoms with Crippen LogP contribution in [-0.4, -0.2) is 11.1 Å². The van der Waals surface area contributed by atoms with Crippen LogP contribution < -0.4 is 5.14 Å². The maximum Gasteiger partial charge on any atom is 0.308 e. The lowest BCUT2D eigenvalue weighted by Gasteiger charge is -2.08. The number of hydrogen-bond donors (Lipinski definition) is 3. The zero-order valence-corrected chi connectivity index (χ0v) is 6.21. The molecule has 0 spiro atoms. The molecule has 3 nitrogen and oxygen atoms in total. The molecule has 0 aromatic rings. The molecule has 0 fully saturated rings. The molecule has 4 heteroatoms. The van der Waals surface area contributed by atoms with Crippen molar-refractivity contribution < 1.29 is 9.90 Å². The van der Waals surface area contributed by atoms with Gasteiger partial charge in [-0.05, 0) is 10.3 Å². The topological polar surface area (TPSA) is 63.3 Å². The molecule has 0 aliphatic carbocycles. The Morgan fingerprint density at radius 3 is 2.90 bits per heavy atom. The first kappa shape index (κ1) is 7.37. The molecule has 1 aliphatic rings. The van der Waals surface area contributed by atoms with Crippen molar-refractivity contribution in [2.24, 2.45) is 5.14 Å². The number of carboxylic acids is 1. The second-order valence-corrected chi connectivity index (χ2v) is 3.66. The Kier molecular flexibility index (Phi) is 2.13. The van der Waals surface area contributed by atoms with Crippen LogP contribution in [-0.2, 0) is 4.79 Å². The summed E-state index contributed by atoms with van der Waals surface area (Å²) in [4.78, 5) is 11.0. The smallest absolute Gasteiger partial charge is 0.308 e. The van der Waals surface area contributed by atoms with Gasteiger partial charge in [0.25, 0.3) is 0 Å². The van der Waals surface area contributed by atoms with Gasteiger partial charge >= 0.3 is 5.97 Å². The largest absolute Gasteiger partial charge is 0.481 e. The first-order valence-corrected chi connectivity index (χ1v) is 4.31. The highest BCUT2D eigenvalue weighted by Crippen LogP contribution is 2.35. The molecule has 0 aromatic heterocycles. The summed E-state index contributed by atoms with van der Waals surface area (Å²) in [7, 11) is 0. The lowest BCUT2D eigenvalue weighted by atomic mass is 10.4. The summed E-state index contributed by atoms with van der Waals surface area (Å²) in [5, 5.41) is 15.8. The molecule has 0 aromatic carbocycles. The predicted octanol–water partition coefficient (Wildman–Crippen LogP) is 0.747. The molecular weight excluding hydrogens is 150 g/mol. The summed E-state index contributed by atoms with van der Waals surface area (Å²) in [6.07, 6.45) is 3.67. The third-order valence-corrected chi connectivity index (χ3v) is 2.66.